The molecule has 1 N–H and O–H groups in total. The number of rotatable bonds is 3. The average Bonchev–Trinajstić information content (AvgIpc) is 2.32. The molecule has 2 rings (SSSR count). The van der Waals surface area contributed by atoms with Gasteiger partial charge in [0.15, 0.2) is 0 Å². The zero-order valence-electron chi connectivity index (χ0n) is 9.41. The van der Waals surface area contributed by atoms with Crippen LogP contribution in [-0.2, 0) is 6.42 Å². The quantitative estimate of drug-likeness (QED) is 0.885. The maximum absolute atomic E-state index is 12.8. The first-order chi connectivity index (χ1) is 8.56. The van der Waals surface area contributed by atoms with Crippen LogP contribution in [-0.4, -0.2) is 5.11 Å². The number of benzene rings is 2. The first-order valence-corrected chi connectivity index (χ1v) is 6.19. The Kier molecular flexibility index (Phi) is 4.23. The fraction of sp³-hybridized carbons (Fsp3) is 0.143. The largest absolute Gasteiger partial charge is 0.388 e. The summed E-state index contributed by atoms with van der Waals surface area (Å²) in [6, 6.07) is 11.0. The van der Waals surface area contributed by atoms with Crippen molar-refractivity contribution in [1.29, 1.82) is 0 Å². The van der Waals surface area contributed by atoms with Crippen LogP contribution in [0.2, 0.25) is 10.0 Å². The second-order valence-electron chi connectivity index (χ2n) is 4.01. The van der Waals surface area contributed by atoms with Crippen molar-refractivity contribution in [3.63, 3.8) is 0 Å². The van der Waals surface area contributed by atoms with Crippen LogP contribution in [0.4, 0.5) is 4.39 Å². The van der Waals surface area contributed by atoms with Gasteiger partial charge >= 0.3 is 0 Å². The van der Waals surface area contributed by atoms with Gasteiger partial charge in [-0.3, -0.25) is 0 Å². The maximum Gasteiger partial charge on any atom is 0.123 e. The standard InChI is InChI=1S/C14H11Cl2FO/c15-10-3-6-12(13(16)8-10)14(18)7-9-1-4-11(17)5-2-9/h1-6,8,14,18H,7H2. The minimum Gasteiger partial charge on any atom is -0.388 e. The lowest BCUT2D eigenvalue weighted by Gasteiger charge is -2.13. The Morgan fingerprint density at radius 3 is 2.33 bits per heavy atom. The normalized spacial score (nSPS) is 12.4. The predicted octanol–water partition coefficient (Wildman–Crippen LogP) is 4.41. The zero-order chi connectivity index (χ0) is 13.1. The molecule has 1 nitrogen and oxygen atoms in total. The molecule has 94 valence electrons. The molecule has 1 atom stereocenters. The van der Waals surface area contributed by atoms with E-state index in [2.05, 4.69) is 0 Å². The molecule has 1 unspecified atom stereocenters. The molecule has 0 fully saturated rings. The Morgan fingerprint density at radius 2 is 1.72 bits per heavy atom. The van der Waals surface area contributed by atoms with Gasteiger partial charge in [-0.05, 0) is 35.4 Å². The molecule has 0 aliphatic heterocycles. The van der Waals surface area contributed by atoms with Crippen LogP contribution in [0.1, 0.15) is 17.2 Å². The summed E-state index contributed by atoms with van der Waals surface area (Å²) in [5.41, 5.74) is 1.46. The van der Waals surface area contributed by atoms with Gasteiger partial charge in [0.05, 0.1) is 6.10 Å². The zero-order valence-corrected chi connectivity index (χ0v) is 10.9. The average molecular weight is 285 g/mol. The fourth-order valence-corrected chi connectivity index (χ4v) is 2.26. The molecular weight excluding hydrogens is 274 g/mol. The lowest BCUT2D eigenvalue weighted by molar-refractivity contribution is 0.178. The van der Waals surface area contributed by atoms with Crippen LogP contribution in [0, 0.1) is 5.82 Å². The van der Waals surface area contributed by atoms with E-state index in [4.69, 9.17) is 23.2 Å². The van der Waals surface area contributed by atoms with Gasteiger partial charge in [0.25, 0.3) is 0 Å². The van der Waals surface area contributed by atoms with Crippen molar-refractivity contribution < 1.29 is 9.50 Å². The van der Waals surface area contributed by atoms with Crippen molar-refractivity contribution in [3.8, 4) is 0 Å². The SMILES string of the molecule is OC(Cc1ccc(F)cc1)c1ccc(Cl)cc1Cl. The lowest BCUT2D eigenvalue weighted by atomic mass is 10.0. The molecule has 0 spiro atoms. The molecule has 2 aromatic rings. The lowest BCUT2D eigenvalue weighted by Crippen LogP contribution is -2.02. The second kappa shape index (κ2) is 5.70. The highest BCUT2D eigenvalue weighted by Gasteiger charge is 2.12. The first kappa shape index (κ1) is 13.3. The Bertz CT molecular complexity index is 540. The van der Waals surface area contributed by atoms with Crippen LogP contribution < -0.4 is 0 Å². The Labute approximate surface area is 115 Å². The van der Waals surface area contributed by atoms with Gasteiger partial charge in [-0.1, -0.05) is 41.4 Å². The predicted molar refractivity (Wildman–Crippen MR) is 71.5 cm³/mol. The van der Waals surface area contributed by atoms with Crippen LogP contribution in [0.3, 0.4) is 0 Å². The fourth-order valence-electron chi connectivity index (χ4n) is 1.73. The van der Waals surface area contributed by atoms with Gasteiger partial charge in [-0.2, -0.15) is 0 Å². The molecule has 0 saturated heterocycles. The summed E-state index contributed by atoms with van der Waals surface area (Å²) < 4.78 is 12.8. The van der Waals surface area contributed by atoms with E-state index in [0.717, 1.165) is 5.56 Å². The first-order valence-electron chi connectivity index (χ1n) is 5.44. The van der Waals surface area contributed by atoms with Crippen molar-refractivity contribution in [3.05, 3.63) is 69.5 Å². The molecule has 2 aromatic carbocycles. The van der Waals surface area contributed by atoms with Crippen molar-refractivity contribution in [2.75, 3.05) is 0 Å². The molecule has 0 aliphatic carbocycles. The van der Waals surface area contributed by atoms with E-state index >= 15 is 0 Å². The van der Waals surface area contributed by atoms with Crippen LogP contribution >= 0.6 is 23.2 Å². The molecule has 0 radical (unpaired) electrons. The van der Waals surface area contributed by atoms with Crippen molar-refractivity contribution >= 4 is 23.2 Å². The summed E-state index contributed by atoms with van der Waals surface area (Å²) in [5.74, 6) is -0.294. The molecule has 0 saturated carbocycles. The van der Waals surface area contributed by atoms with E-state index in [0.29, 0.717) is 22.0 Å². The third kappa shape index (κ3) is 3.22. The van der Waals surface area contributed by atoms with Crippen LogP contribution in [0.5, 0.6) is 0 Å². The Hall–Kier alpha value is -1.09. The van der Waals surface area contributed by atoms with Gasteiger partial charge in [-0.15, -0.1) is 0 Å². The summed E-state index contributed by atoms with van der Waals surface area (Å²) in [6.07, 6.45) is -0.359. The molecule has 0 aromatic heterocycles. The molecule has 0 heterocycles. The minimum absolute atomic E-state index is 0.294. The highest BCUT2D eigenvalue weighted by molar-refractivity contribution is 6.35. The van der Waals surface area contributed by atoms with Crippen molar-refractivity contribution in [2.45, 2.75) is 12.5 Å². The van der Waals surface area contributed by atoms with Crippen LogP contribution in [0.15, 0.2) is 42.5 Å². The Balaban J connectivity index is 2.16. The molecule has 0 bridgehead atoms. The van der Waals surface area contributed by atoms with Crippen molar-refractivity contribution in [1.82, 2.24) is 0 Å². The molecule has 4 heteroatoms. The summed E-state index contributed by atoms with van der Waals surface area (Å²) in [7, 11) is 0. The van der Waals surface area contributed by atoms with Gasteiger partial charge in [0.2, 0.25) is 0 Å². The van der Waals surface area contributed by atoms with Crippen LogP contribution in [0.25, 0.3) is 0 Å². The summed E-state index contributed by atoms with van der Waals surface area (Å²) >= 11 is 11.8. The smallest absolute Gasteiger partial charge is 0.123 e. The van der Waals surface area contributed by atoms with Gasteiger partial charge < -0.3 is 5.11 Å². The molecule has 18 heavy (non-hydrogen) atoms. The van der Waals surface area contributed by atoms with E-state index in [9.17, 15) is 9.50 Å². The summed E-state index contributed by atoms with van der Waals surface area (Å²) in [6.45, 7) is 0. The third-order valence-corrected chi connectivity index (χ3v) is 3.23. The van der Waals surface area contributed by atoms with Gasteiger partial charge in [-0.25, -0.2) is 4.39 Å². The topological polar surface area (TPSA) is 20.2 Å². The van der Waals surface area contributed by atoms with Crippen molar-refractivity contribution in [2.24, 2.45) is 0 Å². The number of aliphatic hydroxyl groups is 1. The van der Waals surface area contributed by atoms with E-state index in [1.807, 2.05) is 0 Å². The second-order valence-corrected chi connectivity index (χ2v) is 4.86. The maximum atomic E-state index is 12.8. The molecule has 0 amide bonds. The van der Waals surface area contributed by atoms with Gasteiger partial charge in [0.1, 0.15) is 5.82 Å². The molecule has 0 aliphatic rings. The van der Waals surface area contributed by atoms with E-state index in [1.165, 1.54) is 12.1 Å². The highest BCUT2D eigenvalue weighted by Crippen LogP contribution is 2.28. The molecular formula is C14H11Cl2FO. The minimum atomic E-state index is -0.736. The van der Waals surface area contributed by atoms with E-state index < -0.39 is 6.10 Å². The van der Waals surface area contributed by atoms with Gasteiger partial charge in [0, 0.05) is 16.5 Å². The highest BCUT2D eigenvalue weighted by atomic mass is 35.5. The number of halogens is 3. The number of hydrogen-bond acceptors (Lipinski definition) is 1. The van der Waals surface area contributed by atoms with E-state index in [1.54, 1.807) is 30.3 Å². The summed E-state index contributed by atoms with van der Waals surface area (Å²) in [5, 5.41) is 11.0. The van der Waals surface area contributed by atoms with E-state index in [-0.39, 0.29) is 5.82 Å². The Morgan fingerprint density at radius 1 is 1.06 bits per heavy atom. The summed E-state index contributed by atoms with van der Waals surface area (Å²) in [4.78, 5) is 0. The monoisotopic (exact) mass is 284 g/mol. The number of hydrogen-bond donors (Lipinski definition) is 1. The third-order valence-electron chi connectivity index (χ3n) is 2.66. The number of aliphatic hydroxyl groups excluding tert-OH is 1.